The summed E-state index contributed by atoms with van der Waals surface area (Å²) in [5.41, 5.74) is 3.00. The molecule has 5 nitrogen and oxygen atoms in total. The van der Waals surface area contributed by atoms with Gasteiger partial charge in [0, 0.05) is 13.0 Å². The van der Waals surface area contributed by atoms with E-state index in [0.717, 1.165) is 28.2 Å². The van der Waals surface area contributed by atoms with Gasteiger partial charge >= 0.3 is 0 Å². The molecule has 2 N–H and O–H groups in total. The van der Waals surface area contributed by atoms with Crippen LogP contribution in [0.2, 0.25) is 0 Å². The average Bonchev–Trinajstić information content (AvgIpc) is 2.97. The second-order valence-corrected chi connectivity index (χ2v) is 5.72. The van der Waals surface area contributed by atoms with Gasteiger partial charge in [0.25, 0.3) is 0 Å². The number of fused-ring (bicyclic) bond motifs is 1. The Morgan fingerprint density at radius 1 is 1.21 bits per heavy atom. The first kappa shape index (κ1) is 16.1. The SMILES string of the molecule is Cc1nc2ccc(CNC(=O)CCCOc3ccccc3)cc2[nH]1. The summed E-state index contributed by atoms with van der Waals surface area (Å²) in [6.07, 6.45) is 1.15. The maximum absolute atomic E-state index is 11.9. The number of amides is 1. The smallest absolute Gasteiger partial charge is 0.220 e. The highest BCUT2D eigenvalue weighted by molar-refractivity contribution is 5.77. The Labute approximate surface area is 141 Å². The number of ether oxygens (including phenoxy) is 1. The quantitative estimate of drug-likeness (QED) is 0.655. The van der Waals surface area contributed by atoms with Gasteiger partial charge in [-0.15, -0.1) is 0 Å². The van der Waals surface area contributed by atoms with E-state index in [4.69, 9.17) is 4.74 Å². The first-order chi connectivity index (χ1) is 11.7. The molecule has 0 unspecified atom stereocenters. The van der Waals surface area contributed by atoms with Crippen LogP contribution in [0.5, 0.6) is 5.75 Å². The molecule has 0 aliphatic rings. The summed E-state index contributed by atoms with van der Waals surface area (Å²) in [4.78, 5) is 19.5. The van der Waals surface area contributed by atoms with Crippen molar-refractivity contribution >= 4 is 16.9 Å². The lowest BCUT2D eigenvalue weighted by atomic mass is 10.2. The van der Waals surface area contributed by atoms with Gasteiger partial charge in [-0.2, -0.15) is 0 Å². The van der Waals surface area contributed by atoms with Gasteiger partial charge in [0.2, 0.25) is 5.91 Å². The minimum Gasteiger partial charge on any atom is -0.494 e. The molecule has 3 rings (SSSR count). The molecule has 0 radical (unpaired) electrons. The Balaban J connectivity index is 1.40. The number of para-hydroxylation sites is 1. The summed E-state index contributed by atoms with van der Waals surface area (Å²) in [6.45, 7) is 2.99. The van der Waals surface area contributed by atoms with E-state index in [-0.39, 0.29) is 5.91 Å². The Morgan fingerprint density at radius 3 is 2.88 bits per heavy atom. The van der Waals surface area contributed by atoms with Crippen molar-refractivity contribution in [3.63, 3.8) is 0 Å². The van der Waals surface area contributed by atoms with Crippen molar-refractivity contribution < 1.29 is 9.53 Å². The maximum atomic E-state index is 11.9. The van der Waals surface area contributed by atoms with Gasteiger partial charge in [0.05, 0.1) is 17.6 Å². The first-order valence-corrected chi connectivity index (χ1v) is 8.10. The van der Waals surface area contributed by atoms with Crippen molar-refractivity contribution in [2.45, 2.75) is 26.3 Å². The van der Waals surface area contributed by atoms with E-state index in [1.165, 1.54) is 0 Å². The standard InChI is InChI=1S/C19H21N3O2/c1-14-21-17-10-9-15(12-18(17)22-14)13-20-19(23)8-5-11-24-16-6-3-2-4-7-16/h2-4,6-7,9-10,12H,5,8,11,13H2,1H3,(H,20,23)(H,21,22). The van der Waals surface area contributed by atoms with E-state index in [1.807, 2.05) is 55.5 Å². The molecule has 24 heavy (non-hydrogen) atoms. The van der Waals surface area contributed by atoms with Crippen molar-refractivity contribution in [3.8, 4) is 5.75 Å². The molecule has 0 aliphatic carbocycles. The van der Waals surface area contributed by atoms with Crippen molar-refractivity contribution in [3.05, 3.63) is 59.9 Å². The number of aromatic nitrogens is 2. The Kier molecular flexibility index (Phi) is 5.11. The summed E-state index contributed by atoms with van der Waals surface area (Å²) in [5.74, 6) is 1.76. The van der Waals surface area contributed by atoms with Crippen LogP contribution in [0, 0.1) is 6.92 Å². The van der Waals surface area contributed by atoms with Crippen LogP contribution in [0.4, 0.5) is 0 Å². The third-order valence-corrected chi connectivity index (χ3v) is 3.71. The van der Waals surface area contributed by atoms with Crippen LogP contribution in [0.15, 0.2) is 48.5 Å². The number of rotatable bonds is 7. The zero-order valence-corrected chi connectivity index (χ0v) is 13.7. The molecule has 1 aromatic heterocycles. The number of aryl methyl sites for hydroxylation is 1. The van der Waals surface area contributed by atoms with Crippen molar-refractivity contribution in [2.75, 3.05) is 6.61 Å². The lowest BCUT2D eigenvalue weighted by Crippen LogP contribution is -2.22. The minimum absolute atomic E-state index is 0.0348. The van der Waals surface area contributed by atoms with Crippen LogP contribution >= 0.6 is 0 Å². The molecular weight excluding hydrogens is 302 g/mol. The fourth-order valence-electron chi connectivity index (χ4n) is 2.52. The van der Waals surface area contributed by atoms with E-state index < -0.39 is 0 Å². The van der Waals surface area contributed by atoms with Crippen LogP contribution in [0.25, 0.3) is 11.0 Å². The number of imidazole rings is 1. The normalized spacial score (nSPS) is 10.7. The second kappa shape index (κ2) is 7.64. The van der Waals surface area contributed by atoms with Gasteiger partial charge in [-0.1, -0.05) is 24.3 Å². The molecule has 1 amide bonds. The first-order valence-electron chi connectivity index (χ1n) is 8.10. The molecule has 0 aliphatic heterocycles. The van der Waals surface area contributed by atoms with Gasteiger partial charge < -0.3 is 15.0 Å². The van der Waals surface area contributed by atoms with Gasteiger partial charge in [-0.05, 0) is 43.2 Å². The Morgan fingerprint density at radius 2 is 2.04 bits per heavy atom. The predicted molar refractivity (Wildman–Crippen MR) is 93.8 cm³/mol. The van der Waals surface area contributed by atoms with Crippen LogP contribution < -0.4 is 10.1 Å². The molecule has 0 atom stereocenters. The topological polar surface area (TPSA) is 67.0 Å². The van der Waals surface area contributed by atoms with Crippen LogP contribution in [0.3, 0.4) is 0 Å². The fraction of sp³-hybridized carbons (Fsp3) is 0.263. The van der Waals surface area contributed by atoms with Crippen molar-refractivity contribution in [2.24, 2.45) is 0 Å². The molecular formula is C19H21N3O2. The third kappa shape index (κ3) is 4.35. The second-order valence-electron chi connectivity index (χ2n) is 5.72. The minimum atomic E-state index is 0.0348. The molecule has 0 bridgehead atoms. The zero-order chi connectivity index (χ0) is 16.8. The van der Waals surface area contributed by atoms with Gasteiger partial charge in [-0.25, -0.2) is 4.98 Å². The summed E-state index contributed by atoms with van der Waals surface area (Å²) in [6, 6.07) is 15.6. The largest absolute Gasteiger partial charge is 0.494 e. The Hall–Kier alpha value is -2.82. The summed E-state index contributed by atoms with van der Waals surface area (Å²) in [7, 11) is 0. The highest BCUT2D eigenvalue weighted by Crippen LogP contribution is 2.13. The highest BCUT2D eigenvalue weighted by Gasteiger charge is 2.04. The molecule has 2 aromatic carbocycles. The van der Waals surface area contributed by atoms with Crippen LogP contribution in [0.1, 0.15) is 24.2 Å². The van der Waals surface area contributed by atoms with Crippen LogP contribution in [-0.2, 0) is 11.3 Å². The number of nitrogens with zero attached hydrogens (tertiary/aromatic N) is 1. The third-order valence-electron chi connectivity index (χ3n) is 3.71. The summed E-state index contributed by atoms with van der Waals surface area (Å²) < 4.78 is 5.58. The number of benzene rings is 2. The molecule has 0 fully saturated rings. The van der Waals surface area contributed by atoms with Crippen molar-refractivity contribution in [1.82, 2.24) is 15.3 Å². The number of hydrogen-bond donors (Lipinski definition) is 2. The Bertz CT molecular complexity index is 812. The number of nitrogens with one attached hydrogen (secondary N) is 2. The molecule has 5 heteroatoms. The van der Waals surface area contributed by atoms with E-state index in [0.29, 0.717) is 26.0 Å². The lowest BCUT2D eigenvalue weighted by molar-refractivity contribution is -0.121. The number of carbonyl (C=O) groups is 1. The number of carbonyl (C=O) groups excluding carboxylic acids is 1. The molecule has 3 aromatic rings. The van der Waals surface area contributed by atoms with E-state index in [2.05, 4.69) is 15.3 Å². The highest BCUT2D eigenvalue weighted by atomic mass is 16.5. The molecule has 0 saturated heterocycles. The number of H-pyrrole nitrogens is 1. The van der Waals surface area contributed by atoms with Gasteiger partial charge in [0.15, 0.2) is 0 Å². The van der Waals surface area contributed by atoms with Gasteiger partial charge in [0.1, 0.15) is 11.6 Å². The van der Waals surface area contributed by atoms with E-state index in [1.54, 1.807) is 0 Å². The van der Waals surface area contributed by atoms with Crippen LogP contribution in [-0.4, -0.2) is 22.5 Å². The van der Waals surface area contributed by atoms with Gasteiger partial charge in [-0.3, -0.25) is 4.79 Å². The van der Waals surface area contributed by atoms with E-state index >= 15 is 0 Å². The predicted octanol–water partition coefficient (Wildman–Crippen LogP) is 3.35. The fourth-order valence-corrected chi connectivity index (χ4v) is 2.52. The van der Waals surface area contributed by atoms with E-state index in [9.17, 15) is 4.79 Å². The molecule has 0 spiro atoms. The lowest BCUT2D eigenvalue weighted by Gasteiger charge is -2.07. The zero-order valence-electron chi connectivity index (χ0n) is 13.7. The summed E-state index contributed by atoms with van der Waals surface area (Å²) in [5, 5.41) is 2.94. The molecule has 0 saturated carbocycles. The monoisotopic (exact) mass is 323 g/mol. The number of aromatic amines is 1. The number of hydrogen-bond acceptors (Lipinski definition) is 3. The average molecular weight is 323 g/mol. The maximum Gasteiger partial charge on any atom is 0.220 e. The molecule has 1 heterocycles. The summed E-state index contributed by atoms with van der Waals surface area (Å²) >= 11 is 0. The molecule has 124 valence electrons. The van der Waals surface area contributed by atoms with Crippen molar-refractivity contribution in [1.29, 1.82) is 0 Å².